The average Bonchev–Trinajstić information content (AvgIpc) is 3.29. The number of benzene rings is 1. The Balaban J connectivity index is 0.00000280. The van der Waals surface area contributed by atoms with Crippen molar-refractivity contribution in [2.75, 3.05) is 51.8 Å². The topological polar surface area (TPSA) is 57.2 Å². The van der Waals surface area contributed by atoms with Gasteiger partial charge in [0, 0.05) is 49.9 Å². The van der Waals surface area contributed by atoms with Gasteiger partial charge >= 0.3 is 5.97 Å². The molecule has 156 valence electrons. The molecule has 28 heavy (non-hydrogen) atoms. The number of guanidine groups is 1. The fraction of sp³-hybridized carbons (Fsp3) is 0.600. The Bertz CT molecular complexity index is 703. The molecule has 2 aliphatic heterocycles. The molecule has 2 fully saturated rings. The molecule has 2 saturated heterocycles. The molecule has 0 aromatic heterocycles. The van der Waals surface area contributed by atoms with Gasteiger partial charge in [0.25, 0.3) is 0 Å². The largest absolute Gasteiger partial charge is 0.469 e. The number of rotatable bonds is 4. The summed E-state index contributed by atoms with van der Waals surface area (Å²) in [7, 11) is 3.27. The lowest BCUT2D eigenvalue weighted by atomic mass is 9.99. The van der Waals surface area contributed by atoms with E-state index in [-0.39, 0.29) is 41.8 Å². The summed E-state index contributed by atoms with van der Waals surface area (Å²) in [6.45, 7) is 6.61. The average molecular weight is 565 g/mol. The maximum absolute atomic E-state index is 11.9. The van der Waals surface area contributed by atoms with E-state index >= 15 is 0 Å². The molecule has 2 aliphatic rings. The van der Waals surface area contributed by atoms with E-state index in [4.69, 9.17) is 4.74 Å². The van der Waals surface area contributed by atoms with E-state index in [1.54, 1.807) is 7.05 Å². The fourth-order valence-corrected chi connectivity index (χ4v) is 4.46. The van der Waals surface area contributed by atoms with Crippen molar-refractivity contribution in [3.05, 3.63) is 28.7 Å². The highest BCUT2D eigenvalue weighted by Gasteiger charge is 2.37. The molecule has 0 bridgehead atoms. The van der Waals surface area contributed by atoms with E-state index in [0.717, 1.165) is 43.0 Å². The molecule has 1 N–H and O–H groups in total. The lowest BCUT2D eigenvalue weighted by Gasteiger charge is -2.23. The van der Waals surface area contributed by atoms with Crippen molar-refractivity contribution in [1.29, 1.82) is 0 Å². The van der Waals surface area contributed by atoms with Crippen LogP contribution in [0.2, 0.25) is 0 Å². The van der Waals surface area contributed by atoms with Gasteiger partial charge < -0.3 is 19.9 Å². The van der Waals surface area contributed by atoms with E-state index in [0.29, 0.717) is 12.5 Å². The van der Waals surface area contributed by atoms with Crippen LogP contribution >= 0.6 is 39.9 Å². The number of ether oxygens (including phenoxy) is 1. The minimum absolute atomic E-state index is 0. The van der Waals surface area contributed by atoms with Gasteiger partial charge in [-0.1, -0.05) is 28.9 Å². The van der Waals surface area contributed by atoms with Crippen molar-refractivity contribution < 1.29 is 9.53 Å². The first-order valence-electron chi connectivity index (χ1n) is 9.55. The normalized spacial score (nSPS) is 24.9. The number of methoxy groups -OCH3 is 1. The maximum atomic E-state index is 11.9. The molecule has 0 saturated carbocycles. The number of carbonyl (C=O) groups excluding carboxylic acids is 1. The van der Waals surface area contributed by atoms with Crippen molar-refractivity contribution in [3.63, 3.8) is 0 Å². The van der Waals surface area contributed by atoms with Gasteiger partial charge in [-0.2, -0.15) is 0 Å². The molecule has 1 aromatic rings. The second kappa shape index (κ2) is 10.7. The number of nitrogens with zero attached hydrogens (tertiary/aromatic N) is 3. The van der Waals surface area contributed by atoms with Crippen LogP contribution in [0.3, 0.4) is 0 Å². The van der Waals surface area contributed by atoms with Crippen molar-refractivity contribution in [3.8, 4) is 0 Å². The summed E-state index contributed by atoms with van der Waals surface area (Å²) in [6, 6.07) is 8.48. The summed E-state index contributed by atoms with van der Waals surface area (Å²) in [5.74, 6) is 1.54. The van der Waals surface area contributed by atoms with Gasteiger partial charge in [-0.15, -0.1) is 24.0 Å². The highest BCUT2D eigenvalue weighted by Crippen LogP contribution is 2.27. The summed E-state index contributed by atoms with van der Waals surface area (Å²) in [4.78, 5) is 21.0. The molecule has 0 aliphatic carbocycles. The van der Waals surface area contributed by atoms with Crippen LogP contribution in [0.4, 0.5) is 5.69 Å². The molecule has 0 amide bonds. The predicted molar refractivity (Wildman–Crippen MR) is 127 cm³/mol. The Labute approximate surface area is 193 Å². The van der Waals surface area contributed by atoms with Crippen molar-refractivity contribution in [2.45, 2.75) is 13.3 Å². The van der Waals surface area contributed by atoms with Gasteiger partial charge in [-0.3, -0.25) is 9.79 Å². The highest BCUT2D eigenvalue weighted by atomic mass is 127. The summed E-state index contributed by atoms with van der Waals surface area (Å²) in [5, 5.41) is 3.52. The second-order valence-corrected chi connectivity index (χ2v) is 8.44. The minimum Gasteiger partial charge on any atom is -0.469 e. The fourth-order valence-electron chi connectivity index (χ4n) is 4.07. The van der Waals surface area contributed by atoms with E-state index in [1.165, 1.54) is 12.8 Å². The molecule has 0 radical (unpaired) electrons. The number of carbonyl (C=O) groups is 1. The second-order valence-electron chi connectivity index (χ2n) is 7.52. The van der Waals surface area contributed by atoms with Crippen molar-refractivity contribution >= 4 is 57.5 Å². The zero-order valence-corrected chi connectivity index (χ0v) is 20.6. The van der Waals surface area contributed by atoms with Crippen LogP contribution in [0.15, 0.2) is 33.7 Å². The molecule has 3 rings (SSSR count). The van der Waals surface area contributed by atoms with E-state index in [2.05, 4.69) is 67.2 Å². The zero-order valence-electron chi connectivity index (χ0n) is 16.7. The summed E-state index contributed by atoms with van der Waals surface area (Å²) in [5.41, 5.74) is 1.27. The van der Waals surface area contributed by atoms with Gasteiger partial charge in [0.15, 0.2) is 5.96 Å². The van der Waals surface area contributed by atoms with Crippen LogP contribution in [0.25, 0.3) is 0 Å². The number of hydrogen-bond donors (Lipinski definition) is 1. The number of aliphatic imine (C=N–C) groups is 1. The molecule has 6 nitrogen and oxygen atoms in total. The van der Waals surface area contributed by atoms with Gasteiger partial charge in [0.2, 0.25) is 0 Å². The first-order chi connectivity index (χ1) is 13.0. The molecule has 3 atom stereocenters. The van der Waals surface area contributed by atoms with E-state index < -0.39 is 0 Å². The molecule has 0 spiro atoms. The first-order valence-corrected chi connectivity index (χ1v) is 10.3. The maximum Gasteiger partial charge on any atom is 0.310 e. The third-order valence-electron chi connectivity index (χ3n) is 5.64. The quantitative estimate of drug-likeness (QED) is 0.263. The molecule has 2 heterocycles. The van der Waals surface area contributed by atoms with Crippen LogP contribution < -0.4 is 10.2 Å². The Morgan fingerprint density at radius 1 is 1.36 bits per heavy atom. The first kappa shape index (κ1) is 23.3. The SMILES string of the molecule is CN=C(NCC1CCN(c2cccc(Br)c2)C1)N1CC(C)C(C(=O)OC)C1.I. The smallest absolute Gasteiger partial charge is 0.310 e. The standard InChI is InChI=1S/C20H29BrN4O2.HI/c1-14-11-25(13-18(14)19(26)27-3)20(22-2)23-10-15-7-8-24(12-15)17-6-4-5-16(21)9-17;/h4-6,9,14-15,18H,7-8,10-13H2,1-3H3,(H,22,23);1H. The van der Waals surface area contributed by atoms with E-state index in [1.807, 2.05) is 0 Å². The van der Waals surface area contributed by atoms with E-state index in [9.17, 15) is 4.79 Å². The number of likely N-dealkylation sites (tertiary alicyclic amines) is 1. The Hall–Kier alpha value is -1.03. The van der Waals surface area contributed by atoms with Gasteiger partial charge in [-0.25, -0.2) is 0 Å². The lowest BCUT2D eigenvalue weighted by molar-refractivity contribution is -0.145. The lowest BCUT2D eigenvalue weighted by Crippen LogP contribution is -2.42. The predicted octanol–water partition coefficient (Wildman–Crippen LogP) is 3.21. The van der Waals surface area contributed by atoms with Gasteiger partial charge in [0.05, 0.1) is 13.0 Å². The third kappa shape index (κ3) is 5.52. The Kier molecular flexibility index (Phi) is 8.85. The molecule has 8 heteroatoms. The molecule has 1 aromatic carbocycles. The van der Waals surface area contributed by atoms with Crippen molar-refractivity contribution in [1.82, 2.24) is 10.2 Å². The molecular formula is C20H30BrIN4O2. The monoisotopic (exact) mass is 564 g/mol. The van der Waals surface area contributed by atoms with Crippen LogP contribution in [0.5, 0.6) is 0 Å². The Morgan fingerprint density at radius 2 is 2.14 bits per heavy atom. The highest BCUT2D eigenvalue weighted by molar-refractivity contribution is 14.0. The number of anilines is 1. The zero-order chi connectivity index (χ0) is 19.4. The Morgan fingerprint density at radius 3 is 2.82 bits per heavy atom. The summed E-state index contributed by atoms with van der Waals surface area (Å²) in [6.07, 6.45) is 1.16. The number of esters is 1. The number of hydrogen-bond acceptors (Lipinski definition) is 4. The van der Waals surface area contributed by atoms with Gasteiger partial charge in [-0.05, 0) is 36.5 Å². The van der Waals surface area contributed by atoms with Crippen LogP contribution in [-0.4, -0.2) is 63.7 Å². The molecular weight excluding hydrogens is 535 g/mol. The summed E-state index contributed by atoms with van der Waals surface area (Å²) >= 11 is 3.55. The number of nitrogens with one attached hydrogen (secondary N) is 1. The van der Waals surface area contributed by atoms with Crippen LogP contribution in [-0.2, 0) is 9.53 Å². The molecule has 3 unspecified atom stereocenters. The van der Waals surface area contributed by atoms with Crippen LogP contribution in [0, 0.1) is 17.8 Å². The van der Waals surface area contributed by atoms with Gasteiger partial charge in [0.1, 0.15) is 0 Å². The minimum atomic E-state index is -0.124. The summed E-state index contributed by atoms with van der Waals surface area (Å²) < 4.78 is 6.05. The van der Waals surface area contributed by atoms with Crippen LogP contribution in [0.1, 0.15) is 13.3 Å². The van der Waals surface area contributed by atoms with Crippen molar-refractivity contribution in [2.24, 2.45) is 22.7 Å². The number of halogens is 2. The third-order valence-corrected chi connectivity index (χ3v) is 6.13.